The van der Waals surface area contributed by atoms with Crippen molar-refractivity contribution in [2.24, 2.45) is 0 Å². The quantitative estimate of drug-likeness (QED) is 0.501. The van der Waals surface area contributed by atoms with Crippen molar-refractivity contribution < 1.29 is 0 Å². The highest BCUT2D eigenvalue weighted by Crippen LogP contribution is 2.31. The highest BCUT2D eigenvalue weighted by Gasteiger charge is 2.20. The van der Waals surface area contributed by atoms with Gasteiger partial charge in [0.2, 0.25) is 0 Å². The molecular formula is C12H24S8. The lowest BCUT2D eigenvalue weighted by Gasteiger charge is -2.25. The van der Waals surface area contributed by atoms with Gasteiger partial charge >= 0.3 is 0 Å². The van der Waals surface area contributed by atoms with Crippen molar-refractivity contribution in [3.63, 3.8) is 0 Å². The van der Waals surface area contributed by atoms with E-state index in [9.17, 15) is 0 Å². The fraction of sp³-hybridized carbons (Fsp3) is 1.00. The Morgan fingerprint density at radius 1 is 0.600 bits per heavy atom. The number of thiol groups is 4. The van der Waals surface area contributed by atoms with Crippen molar-refractivity contribution in [3.8, 4) is 0 Å². The molecule has 2 saturated heterocycles. The van der Waals surface area contributed by atoms with E-state index in [4.69, 9.17) is 0 Å². The Morgan fingerprint density at radius 3 is 1.30 bits per heavy atom. The van der Waals surface area contributed by atoms with Gasteiger partial charge in [0, 0.05) is 67.0 Å². The second-order valence-corrected chi connectivity index (χ2v) is 11.4. The van der Waals surface area contributed by atoms with Crippen LogP contribution < -0.4 is 0 Å². The molecule has 2 heterocycles. The molecule has 0 aliphatic carbocycles. The van der Waals surface area contributed by atoms with E-state index in [1.807, 2.05) is 35.3 Å². The van der Waals surface area contributed by atoms with Crippen LogP contribution >= 0.6 is 97.6 Å². The first-order chi connectivity index (χ1) is 9.73. The summed E-state index contributed by atoms with van der Waals surface area (Å²) in [7, 11) is 0. The van der Waals surface area contributed by atoms with Gasteiger partial charge in [-0.3, -0.25) is 0 Å². The van der Waals surface area contributed by atoms with Crippen molar-refractivity contribution >= 4 is 97.6 Å². The summed E-state index contributed by atoms with van der Waals surface area (Å²) in [5.74, 6) is 9.16. The first-order valence-electron chi connectivity index (χ1n) is 6.63. The molecule has 120 valence electrons. The monoisotopic (exact) mass is 424 g/mol. The van der Waals surface area contributed by atoms with Gasteiger partial charge in [-0.2, -0.15) is 97.6 Å². The van der Waals surface area contributed by atoms with E-state index in [1.165, 1.54) is 23.0 Å². The molecule has 4 unspecified atom stereocenters. The van der Waals surface area contributed by atoms with Crippen LogP contribution in [-0.4, -0.2) is 67.0 Å². The maximum Gasteiger partial charge on any atom is 0.0229 e. The van der Waals surface area contributed by atoms with Crippen LogP contribution in [-0.2, 0) is 0 Å². The number of hydrogen-bond donors (Lipinski definition) is 4. The average Bonchev–Trinajstić information content (AvgIpc) is 2.55. The van der Waals surface area contributed by atoms with Crippen LogP contribution in [0, 0.1) is 0 Å². The lowest BCUT2D eigenvalue weighted by Crippen LogP contribution is -2.24. The molecule has 0 aromatic carbocycles. The van der Waals surface area contributed by atoms with Crippen molar-refractivity contribution in [2.45, 2.75) is 21.0 Å². The molecule has 2 aliphatic heterocycles. The highest BCUT2D eigenvalue weighted by atomic mass is 32.2. The molecule has 0 saturated carbocycles. The summed E-state index contributed by atoms with van der Waals surface area (Å²) in [6, 6.07) is 0. The van der Waals surface area contributed by atoms with E-state index in [-0.39, 0.29) is 0 Å². The molecule has 2 aliphatic rings. The Labute approximate surface area is 163 Å². The Kier molecular flexibility index (Phi) is 13.7. The Balaban J connectivity index is 0.000000200. The van der Waals surface area contributed by atoms with Crippen LogP contribution in [0.2, 0.25) is 0 Å². The molecule has 0 aromatic heterocycles. The van der Waals surface area contributed by atoms with Crippen LogP contribution in [0.15, 0.2) is 0 Å². The number of hydrogen-bond acceptors (Lipinski definition) is 8. The summed E-state index contributed by atoms with van der Waals surface area (Å²) < 4.78 is 0. The topological polar surface area (TPSA) is 0 Å². The molecule has 0 bridgehead atoms. The molecule has 8 heteroatoms. The van der Waals surface area contributed by atoms with E-state index in [0.29, 0.717) is 0 Å². The molecule has 20 heavy (non-hydrogen) atoms. The molecule has 4 atom stereocenters. The SMILES string of the molecule is SCC1CSC(CS)CS1.SCC1CSCC(CS)S1. The summed E-state index contributed by atoms with van der Waals surface area (Å²) >= 11 is 25.3. The summed E-state index contributed by atoms with van der Waals surface area (Å²) in [6.45, 7) is 0. The fourth-order valence-corrected chi connectivity index (χ4v) is 9.51. The zero-order valence-electron chi connectivity index (χ0n) is 11.4. The standard InChI is InChI=1S/2C6H12S4/c7-1-5-3-10-6(2-8)4-9-5;7-1-5-3-9-4-6(2-8)10-5/h2*5-8H,1-4H2. The normalized spacial score (nSPS) is 34.2. The van der Waals surface area contributed by atoms with E-state index in [2.05, 4.69) is 62.3 Å². The van der Waals surface area contributed by atoms with E-state index < -0.39 is 0 Å². The zero-order valence-corrected chi connectivity index (χ0v) is 18.2. The molecule has 0 radical (unpaired) electrons. The smallest absolute Gasteiger partial charge is 0.0229 e. The average molecular weight is 425 g/mol. The Hall–Kier alpha value is 2.80. The zero-order chi connectivity index (χ0) is 14.8. The van der Waals surface area contributed by atoms with Gasteiger partial charge in [-0.15, -0.1) is 0 Å². The summed E-state index contributed by atoms with van der Waals surface area (Å²) in [4.78, 5) is 0. The van der Waals surface area contributed by atoms with Crippen molar-refractivity contribution in [3.05, 3.63) is 0 Å². The second kappa shape index (κ2) is 13.1. The maximum absolute atomic E-state index is 4.28. The van der Waals surface area contributed by atoms with Crippen molar-refractivity contribution in [2.75, 3.05) is 46.0 Å². The molecule has 2 rings (SSSR count). The predicted octanol–water partition coefficient (Wildman–Crippen LogP) is 4.13. The second-order valence-electron chi connectivity index (χ2n) is 4.56. The first-order valence-corrected chi connectivity index (χ1v) is 13.4. The van der Waals surface area contributed by atoms with Crippen LogP contribution in [0.5, 0.6) is 0 Å². The van der Waals surface area contributed by atoms with E-state index in [0.717, 1.165) is 44.0 Å². The lowest BCUT2D eigenvalue weighted by molar-refractivity contribution is 1.06. The molecule has 0 N–H and O–H groups in total. The van der Waals surface area contributed by atoms with Gasteiger partial charge in [-0.05, 0) is 0 Å². The van der Waals surface area contributed by atoms with Gasteiger partial charge in [0.1, 0.15) is 0 Å². The Morgan fingerprint density at radius 2 is 1.00 bits per heavy atom. The summed E-state index contributed by atoms with van der Waals surface area (Å²) in [6.07, 6.45) is 0. The number of rotatable bonds is 4. The summed E-state index contributed by atoms with van der Waals surface area (Å²) in [5, 5.41) is 3.09. The van der Waals surface area contributed by atoms with Gasteiger partial charge in [0.15, 0.2) is 0 Å². The molecule has 2 fully saturated rings. The van der Waals surface area contributed by atoms with Gasteiger partial charge in [0.25, 0.3) is 0 Å². The molecule has 0 amide bonds. The Bertz CT molecular complexity index is 209. The van der Waals surface area contributed by atoms with Gasteiger partial charge in [-0.25, -0.2) is 0 Å². The van der Waals surface area contributed by atoms with Crippen molar-refractivity contribution in [1.29, 1.82) is 0 Å². The minimum atomic E-state index is 0.763. The van der Waals surface area contributed by atoms with E-state index in [1.54, 1.807) is 0 Å². The molecule has 0 aromatic rings. The van der Waals surface area contributed by atoms with E-state index >= 15 is 0 Å². The van der Waals surface area contributed by atoms with Gasteiger partial charge in [-0.1, -0.05) is 0 Å². The van der Waals surface area contributed by atoms with Crippen LogP contribution in [0.1, 0.15) is 0 Å². The predicted molar refractivity (Wildman–Crippen MR) is 120 cm³/mol. The molecule has 0 spiro atoms. The molecule has 0 nitrogen and oxygen atoms in total. The summed E-state index contributed by atoms with van der Waals surface area (Å²) in [5.41, 5.74) is 0. The van der Waals surface area contributed by atoms with Crippen molar-refractivity contribution in [1.82, 2.24) is 0 Å². The maximum atomic E-state index is 4.28. The van der Waals surface area contributed by atoms with Crippen LogP contribution in [0.25, 0.3) is 0 Å². The third-order valence-corrected chi connectivity index (χ3v) is 11.9. The molecular weight excluding hydrogens is 401 g/mol. The lowest BCUT2D eigenvalue weighted by atomic mass is 10.5. The highest BCUT2D eigenvalue weighted by molar-refractivity contribution is 8.08. The van der Waals surface area contributed by atoms with Crippen LogP contribution in [0.3, 0.4) is 0 Å². The number of thioether (sulfide) groups is 4. The van der Waals surface area contributed by atoms with Crippen LogP contribution in [0.4, 0.5) is 0 Å². The minimum absolute atomic E-state index is 0.763. The third-order valence-electron chi connectivity index (χ3n) is 2.84. The van der Waals surface area contributed by atoms with Gasteiger partial charge < -0.3 is 0 Å². The fourth-order valence-electron chi connectivity index (χ4n) is 1.67. The third kappa shape index (κ3) is 8.60. The van der Waals surface area contributed by atoms with Gasteiger partial charge in [0.05, 0.1) is 0 Å². The first kappa shape index (κ1) is 20.8. The largest absolute Gasteiger partial charge is 0.178 e. The minimum Gasteiger partial charge on any atom is -0.178 e.